The van der Waals surface area contributed by atoms with Crippen molar-refractivity contribution in [3.05, 3.63) is 34.6 Å². The first-order chi connectivity index (χ1) is 10.7. The summed E-state index contributed by atoms with van der Waals surface area (Å²) in [6, 6.07) is 6.93. The van der Waals surface area contributed by atoms with Crippen LogP contribution in [0.5, 0.6) is 5.75 Å². The lowest BCUT2D eigenvalue weighted by Gasteiger charge is -2.32. The Morgan fingerprint density at radius 2 is 1.74 bits per heavy atom. The van der Waals surface area contributed by atoms with Crippen LogP contribution in [0.3, 0.4) is 0 Å². The number of hydrogen-bond acceptors (Lipinski definition) is 5. The van der Waals surface area contributed by atoms with E-state index in [1.165, 1.54) is 6.07 Å². The molecule has 3 rings (SSSR count). The number of aromatic amines is 1. The number of benzene rings is 1. The van der Waals surface area contributed by atoms with Crippen LogP contribution in [0, 0.1) is 0 Å². The molecule has 0 atom stereocenters. The molecule has 0 amide bonds. The van der Waals surface area contributed by atoms with Gasteiger partial charge in [0.2, 0.25) is 0 Å². The zero-order valence-electron chi connectivity index (χ0n) is 13.9. The van der Waals surface area contributed by atoms with Crippen LogP contribution in [0.1, 0.15) is 27.7 Å². The Morgan fingerprint density at radius 3 is 2.26 bits per heavy atom. The van der Waals surface area contributed by atoms with Crippen molar-refractivity contribution in [2.24, 2.45) is 0 Å². The summed E-state index contributed by atoms with van der Waals surface area (Å²) < 4.78 is 22.7. The minimum atomic E-state index is -0.471. The van der Waals surface area contributed by atoms with E-state index in [1.807, 2.05) is 45.9 Å². The second-order valence-electron chi connectivity index (χ2n) is 6.62. The van der Waals surface area contributed by atoms with Gasteiger partial charge in [0.1, 0.15) is 5.75 Å². The average molecular weight is 317 g/mol. The Bertz CT molecular complexity index is 761. The average Bonchev–Trinajstić information content (AvgIpc) is 2.99. The molecule has 1 fully saturated rings. The van der Waals surface area contributed by atoms with E-state index in [-0.39, 0.29) is 5.56 Å². The molecule has 6 nitrogen and oxygen atoms in total. The molecule has 1 aromatic carbocycles. The normalized spacial score (nSPS) is 19.1. The third kappa shape index (κ3) is 2.70. The van der Waals surface area contributed by atoms with E-state index in [9.17, 15) is 4.79 Å². The highest BCUT2D eigenvalue weighted by Crippen LogP contribution is 2.37. The highest BCUT2D eigenvalue weighted by Gasteiger charge is 2.51. The van der Waals surface area contributed by atoms with Gasteiger partial charge in [0.25, 0.3) is 5.56 Å². The fourth-order valence-electron chi connectivity index (χ4n) is 2.45. The van der Waals surface area contributed by atoms with E-state index in [2.05, 4.69) is 5.16 Å². The van der Waals surface area contributed by atoms with Crippen LogP contribution in [0.25, 0.3) is 11.3 Å². The molecule has 7 heteroatoms. The molecule has 0 saturated carbocycles. The van der Waals surface area contributed by atoms with Gasteiger partial charge in [-0.05, 0) is 45.3 Å². The molecule has 1 aromatic heterocycles. The number of rotatable bonds is 3. The van der Waals surface area contributed by atoms with Crippen LogP contribution < -0.4 is 15.8 Å². The highest BCUT2D eigenvalue weighted by molar-refractivity contribution is 6.62. The number of aromatic nitrogens is 1. The van der Waals surface area contributed by atoms with E-state index in [1.54, 1.807) is 7.11 Å². The van der Waals surface area contributed by atoms with Gasteiger partial charge in [-0.1, -0.05) is 6.07 Å². The lowest BCUT2D eigenvalue weighted by atomic mass is 9.78. The van der Waals surface area contributed by atoms with Gasteiger partial charge in [0.15, 0.2) is 5.76 Å². The first-order valence-electron chi connectivity index (χ1n) is 7.46. The predicted octanol–water partition coefficient (Wildman–Crippen LogP) is 1.94. The smallest absolute Gasteiger partial charge is 0.494 e. The minimum Gasteiger partial charge on any atom is -0.496 e. The lowest BCUT2D eigenvalue weighted by molar-refractivity contribution is 0.00578. The van der Waals surface area contributed by atoms with Crippen LogP contribution in [-0.2, 0) is 9.31 Å². The van der Waals surface area contributed by atoms with Crippen molar-refractivity contribution in [3.8, 4) is 17.1 Å². The van der Waals surface area contributed by atoms with E-state index in [0.29, 0.717) is 17.1 Å². The van der Waals surface area contributed by atoms with Gasteiger partial charge in [0, 0.05) is 0 Å². The van der Waals surface area contributed by atoms with E-state index < -0.39 is 18.3 Å². The summed E-state index contributed by atoms with van der Waals surface area (Å²) >= 11 is 0. The predicted molar refractivity (Wildman–Crippen MR) is 87.0 cm³/mol. The van der Waals surface area contributed by atoms with E-state index in [4.69, 9.17) is 18.6 Å². The standard InChI is InChI=1S/C16H20BNO5/c1-15(2)16(3,4)23-17(22-15)10-6-7-11(12(8-10)20-5)13-9-14(19)18-21-13/h6-9H,1-5H3,(H,18,19). The van der Waals surface area contributed by atoms with Gasteiger partial charge >= 0.3 is 7.12 Å². The first kappa shape index (κ1) is 15.9. The molecule has 122 valence electrons. The Hall–Kier alpha value is -1.99. The molecule has 2 aromatic rings. The topological polar surface area (TPSA) is 73.7 Å². The van der Waals surface area contributed by atoms with Crippen LogP contribution in [0.15, 0.2) is 33.6 Å². The summed E-state index contributed by atoms with van der Waals surface area (Å²) in [5, 5.41) is 2.27. The third-order valence-electron chi connectivity index (χ3n) is 4.54. The van der Waals surface area contributed by atoms with Gasteiger partial charge in [0.05, 0.1) is 29.9 Å². The summed E-state index contributed by atoms with van der Waals surface area (Å²) in [5.74, 6) is 1.01. The second-order valence-corrected chi connectivity index (χ2v) is 6.62. The maximum absolute atomic E-state index is 11.3. The molecule has 1 saturated heterocycles. The number of hydrogen-bond donors (Lipinski definition) is 1. The molecular formula is C16H20BNO5. The molecular weight excluding hydrogens is 297 g/mol. The van der Waals surface area contributed by atoms with Crippen molar-refractivity contribution in [1.29, 1.82) is 0 Å². The highest BCUT2D eigenvalue weighted by atomic mass is 16.7. The quantitative estimate of drug-likeness (QED) is 0.876. The van der Waals surface area contributed by atoms with Crippen molar-refractivity contribution in [1.82, 2.24) is 5.16 Å². The molecule has 0 radical (unpaired) electrons. The summed E-state index contributed by atoms with van der Waals surface area (Å²) in [4.78, 5) is 11.3. The van der Waals surface area contributed by atoms with Crippen molar-refractivity contribution in [3.63, 3.8) is 0 Å². The van der Waals surface area contributed by atoms with Gasteiger partial charge in [-0.25, -0.2) is 0 Å². The first-order valence-corrected chi connectivity index (χ1v) is 7.46. The molecule has 23 heavy (non-hydrogen) atoms. The Morgan fingerprint density at radius 1 is 1.09 bits per heavy atom. The summed E-state index contributed by atoms with van der Waals surface area (Å²) in [5.41, 5.74) is 0.430. The maximum Gasteiger partial charge on any atom is 0.494 e. The fraction of sp³-hybridized carbons (Fsp3) is 0.438. The third-order valence-corrected chi connectivity index (χ3v) is 4.54. The SMILES string of the molecule is COc1cc(B2OC(C)(C)C(C)(C)O2)ccc1-c1cc(=O)[nH]o1. The zero-order valence-corrected chi connectivity index (χ0v) is 13.9. The minimum absolute atomic E-state index is 0.294. The molecule has 0 unspecified atom stereocenters. The van der Waals surface area contributed by atoms with Crippen LogP contribution in [0.4, 0.5) is 0 Å². The Kier molecular flexibility index (Phi) is 3.65. The van der Waals surface area contributed by atoms with Crippen LogP contribution in [0.2, 0.25) is 0 Å². The molecule has 1 aliphatic heterocycles. The van der Waals surface area contributed by atoms with Crippen molar-refractivity contribution < 1.29 is 18.6 Å². The number of methoxy groups -OCH3 is 1. The van der Waals surface area contributed by atoms with Crippen molar-refractivity contribution in [2.45, 2.75) is 38.9 Å². The molecule has 0 spiro atoms. The fourth-order valence-corrected chi connectivity index (χ4v) is 2.45. The maximum atomic E-state index is 11.3. The monoisotopic (exact) mass is 317 g/mol. The molecule has 1 N–H and O–H groups in total. The van der Waals surface area contributed by atoms with Gasteiger partial charge < -0.3 is 18.6 Å². The molecule has 1 aliphatic rings. The number of nitrogens with one attached hydrogen (secondary N) is 1. The van der Waals surface area contributed by atoms with Gasteiger partial charge in [-0.15, -0.1) is 0 Å². The summed E-state index contributed by atoms with van der Waals surface area (Å²) in [7, 11) is 1.10. The van der Waals surface area contributed by atoms with Gasteiger partial charge in [-0.2, -0.15) is 5.16 Å². The summed E-state index contributed by atoms with van der Waals surface area (Å²) in [6.45, 7) is 8.03. The van der Waals surface area contributed by atoms with Crippen LogP contribution >= 0.6 is 0 Å². The number of ether oxygens (including phenoxy) is 1. The zero-order chi connectivity index (χ0) is 16.8. The Labute approximate surface area is 134 Å². The molecule has 2 heterocycles. The van der Waals surface area contributed by atoms with Crippen LogP contribution in [-0.4, -0.2) is 30.6 Å². The van der Waals surface area contributed by atoms with Crippen molar-refractivity contribution in [2.75, 3.05) is 7.11 Å². The molecule has 0 aliphatic carbocycles. The largest absolute Gasteiger partial charge is 0.496 e. The van der Waals surface area contributed by atoms with Gasteiger partial charge in [-0.3, -0.25) is 4.79 Å². The summed E-state index contributed by atoms with van der Waals surface area (Å²) in [6.07, 6.45) is 0. The van der Waals surface area contributed by atoms with E-state index in [0.717, 1.165) is 5.46 Å². The van der Waals surface area contributed by atoms with Crippen molar-refractivity contribution >= 4 is 12.6 Å². The lowest BCUT2D eigenvalue weighted by Crippen LogP contribution is -2.41. The van der Waals surface area contributed by atoms with E-state index >= 15 is 0 Å². The molecule has 0 bridgehead atoms. The number of H-pyrrole nitrogens is 1. The second kappa shape index (κ2) is 5.28. The Balaban J connectivity index is 1.96.